The highest BCUT2D eigenvalue weighted by Gasteiger charge is 2.30. The molecule has 1 aliphatic carbocycles. The standard InChI is InChI=1S/C25H39N5O2/c31-24-17-22(26-23-10-2-1-5-12-30(23)24)20-7-6-11-27(18-20)19-25(32)29-15-13-28(14-16-29)21-8-3-4-9-21/h17,20-21H,1-16,18-19H2. The number of nitrogens with zero attached hydrogens (tertiary/aromatic N) is 5. The number of likely N-dealkylation sites (tertiary alicyclic amines) is 1. The number of aryl methyl sites for hydroxylation is 1. The second-order valence-corrected chi connectivity index (χ2v) is 10.3. The Kier molecular flexibility index (Phi) is 6.93. The van der Waals surface area contributed by atoms with Crippen LogP contribution in [0.2, 0.25) is 0 Å². The van der Waals surface area contributed by atoms with Crippen LogP contribution in [-0.2, 0) is 17.8 Å². The summed E-state index contributed by atoms with van der Waals surface area (Å²) in [5.41, 5.74) is 1.06. The fourth-order valence-corrected chi connectivity index (χ4v) is 6.28. The first-order valence-electron chi connectivity index (χ1n) is 13.0. The van der Waals surface area contributed by atoms with Crippen LogP contribution in [0, 0.1) is 0 Å². The fourth-order valence-electron chi connectivity index (χ4n) is 6.28. The Morgan fingerprint density at radius 2 is 1.72 bits per heavy atom. The number of hydrogen-bond acceptors (Lipinski definition) is 5. The highest BCUT2D eigenvalue weighted by atomic mass is 16.2. The zero-order valence-corrected chi connectivity index (χ0v) is 19.5. The number of carbonyl (C=O) groups is 1. The van der Waals surface area contributed by atoms with Gasteiger partial charge < -0.3 is 4.90 Å². The molecule has 5 rings (SSSR count). The molecule has 4 heterocycles. The Labute approximate surface area is 191 Å². The van der Waals surface area contributed by atoms with Crippen molar-refractivity contribution >= 4 is 5.91 Å². The largest absolute Gasteiger partial charge is 0.339 e. The van der Waals surface area contributed by atoms with Crippen LogP contribution >= 0.6 is 0 Å². The SMILES string of the molecule is O=C(CN1CCCC(c2cc(=O)n3c(n2)CCCCC3)C1)N1CCN(C2CCCC2)CC1. The van der Waals surface area contributed by atoms with E-state index in [1.165, 1.54) is 32.1 Å². The molecule has 1 saturated carbocycles. The molecule has 0 aromatic carbocycles. The van der Waals surface area contributed by atoms with E-state index in [4.69, 9.17) is 4.98 Å². The third-order valence-corrected chi connectivity index (χ3v) is 8.18. The van der Waals surface area contributed by atoms with Crippen LogP contribution < -0.4 is 5.56 Å². The first-order valence-corrected chi connectivity index (χ1v) is 13.0. The Bertz CT molecular complexity index is 854. The Balaban J connectivity index is 1.17. The summed E-state index contributed by atoms with van der Waals surface area (Å²) in [6.07, 6.45) is 11.8. The van der Waals surface area contributed by atoms with Crippen molar-refractivity contribution in [1.82, 2.24) is 24.3 Å². The van der Waals surface area contributed by atoms with Gasteiger partial charge in [0.15, 0.2) is 0 Å². The molecule has 1 amide bonds. The molecule has 176 valence electrons. The van der Waals surface area contributed by atoms with Crippen molar-refractivity contribution in [2.24, 2.45) is 0 Å². The van der Waals surface area contributed by atoms with Crippen LogP contribution in [-0.4, -0.2) is 82.0 Å². The second-order valence-electron chi connectivity index (χ2n) is 10.3. The van der Waals surface area contributed by atoms with Gasteiger partial charge in [0.2, 0.25) is 5.91 Å². The first kappa shape index (κ1) is 22.1. The molecule has 7 nitrogen and oxygen atoms in total. The van der Waals surface area contributed by atoms with E-state index < -0.39 is 0 Å². The lowest BCUT2D eigenvalue weighted by molar-refractivity contribution is -0.134. The molecule has 0 spiro atoms. The maximum Gasteiger partial charge on any atom is 0.253 e. The average molecular weight is 442 g/mol. The summed E-state index contributed by atoms with van der Waals surface area (Å²) >= 11 is 0. The van der Waals surface area contributed by atoms with Gasteiger partial charge in [0.1, 0.15) is 5.82 Å². The zero-order valence-electron chi connectivity index (χ0n) is 19.5. The summed E-state index contributed by atoms with van der Waals surface area (Å²) in [4.78, 5) is 37.6. The van der Waals surface area contributed by atoms with Gasteiger partial charge in [-0.2, -0.15) is 0 Å². The minimum absolute atomic E-state index is 0.111. The smallest absolute Gasteiger partial charge is 0.253 e. The highest BCUT2D eigenvalue weighted by molar-refractivity contribution is 5.78. The Morgan fingerprint density at radius 3 is 2.53 bits per heavy atom. The second kappa shape index (κ2) is 10.0. The monoisotopic (exact) mass is 441 g/mol. The van der Waals surface area contributed by atoms with Crippen LogP contribution in [0.3, 0.4) is 0 Å². The predicted octanol–water partition coefficient (Wildman–Crippen LogP) is 2.24. The normalized spacial score (nSPS) is 26.1. The summed E-state index contributed by atoms with van der Waals surface area (Å²) < 4.78 is 1.88. The van der Waals surface area contributed by atoms with E-state index >= 15 is 0 Å². The molecule has 1 aromatic rings. The summed E-state index contributed by atoms with van der Waals surface area (Å²) in [7, 11) is 0. The summed E-state index contributed by atoms with van der Waals surface area (Å²) in [5.74, 6) is 1.50. The molecule has 32 heavy (non-hydrogen) atoms. The van der Waals surface area contributed by atoms with Gasteiger partial charge in [0.25, 0.3) is 5.56 Å². The molecule has 3 aliphatic heterocycles. The van der Waals surface area contributed by atoms with Crippen molar-refractivity contribution in [2.45, 2.75) is 82.7 Å². The van der Waals surface area contributed by atoms with Gasteiger partial charge >= 0.3 is 0 Å². The Morgan fingerprint density at radius 1 is 0.906 bits per heavy atom. The maximum atomic E-state index is 13.0. The fraction of sp³-hybridized carbons (Fsp3) is 0.800. The van der Waals surface area contributed by atoms with E-state index in [-0.39, 0.29) is 17.4 Å². The van der Waals surface area contributed by atoms with Gasteiger partial charge in [0, 0.05) is 63.7 Å². The van der Waals surface area contributed by atoms with Gasteiger partial charge in [-0.15, -0.1) is 0 Å². The van der Waals surface area contributed by atoms with Gasteiger partial charge in [0.05, 0.1) is 12.2 Å². The van der Waals surface area contributed by atoms with Crippen molar-refractivity contribution in [2.75, 3.05) is 45.8 Å². The lowest BCUT2D eigenvalue weighted by Gasteiger charge is -2.39. The third kappa shape index (κ3) is 4.93. The first-order chi connectivity index (χ1) is 15.7. The van der Waals surface area contributed by atoms with E-state index in [1.807, 2.05) is 4.57 Å². The minimum Gasteiger partial charge on any atom is -0.339 e. The van der Waals surface area contributed by atoms with Gasteiger partial charge in [-0.25, -0.2) is 4.98 Å². The van der Waals surface area contributed by atoms with Crippen LogP contribution in [0.15, 0.2) is 10.9 Å². The van der Waals surface area contributed by atoms with Crippen molar-refractivity contribution in [3.8, 4) is 0 Å². The molecular formula is C25H39N5O2. The lowest BCUT2D eigenvalue weighted by Crippen LogP contribution is -2.53. The summed E-state index contributed by atoms with van der Waals surface area (Å²) in [6.45, 7) is 6.91. The molecule has 1 unspecified atom stereocenters. The quantitative estimate of drug-likeness (QED) is 0.717. The molecule has 1 atom stereocenters. The van der Waals surface area contributed by atoms with Gasteiger partial charge in [-0.05, 0) is 45.1 Å². The molecule has 2 saturated heterocycles. The average Bonchev–Trinajstić information content (AvgIpc) is 3.25. The molecule has 7 heteroatoms. The number of piperidine rings is 1. The number of carbonyl (C=O) groups excluding carboxylic acids is 1. The van der Waals surface area contributed by atoms with Crippen LogP contribution in [0.5, 0.6) is 0 Å². The van der Waals surface area contributed by atoms with Crippen molar-refractivity contribution in [3.05, 3.63) is 27.9 Å². The van der Waals surface area contributed by atoms with Crippen molar-refractivity contribution < 1.29 is 4.79 Å². The summed E-state index contributed by atoms with van der Waals surface area (Å²) in [5, 5.41) is 0. The van der Waals surface area contributed by atoms with Crippen molar-refractivity contribution in [1.29, 1.82) is 0 Å². The van der Waals surface area contributed by atoms with E-state index in [0.29, 0.717) is 6.54 Å². The van der Waals surface area contributed by atoms with Crippen LogP contribution in [0.4, 0.5) is 0 Å². The molecular weight excluding hydrogens is 402 g/mol. The van der Waals surface area contributed by atoms with E-state index in [2.05, 4.69) is 14.7 Å². The number of piperazine rings is 1. The van der Waals surface area contributed by atoms with E-state index in [9.17, 15) is 9.59 Å². The maximum absolute atomic E-state index is 13.0. The lowest BCUT2D eigenvalue weighted by atomic mass is 9.94. The number of rotatable bonds is 4. The van der Waals surface area contributed by atoms with E-state index in [0.717, 1.165) is 95.5 Å². The molecule has 4 aliphatic rings. The molecule has 3 fully saturated rings. The van der Waals surface area contributed by atoms with E-state index in [1.54, 1.807) is 6.07 Å². The third-order valence-electron chi connectivity index (χ3n) is 8.18. The van der Waals surface area contributed by atoms with Crippen molar-refractivity contribution in [3.63, 3.8) is 0 Å². The molecule has 0 radical (unpaired) electrons. The number of hydrogen-bond donors (Lipinski definition) is 0. The highest BCUT2D eigenvalue weighted by Crippen LogP contribution is 2.27. The van der Waals surface area contributed by atoms with Crippen LogP contribution in [0.25, 0.3) is 0 Å². The number of amides is 1. The molecule has 0 bridgehead atoms. The topological polar surface area (TPSA) is 61.7 Å². The van der Waals surface area contributed by atoms with Gasteiger partial charge in [-0.1, -0.05) is 19.3 Å². The zero-order chi connectivity index (χ0) is 21.9. The molecule has 0 N–H and O–H groups in total. The number of aromatic nitrogens is 2. The summed E-state index contributed by atoms with van der Waals surface area (Å²) in [6, 6.07) is 2.53. The Hall–Kier alpha value is -1.73. The minimum atomic E-state index is 0.111. The van der Waals surface area contributed by atoms with Gasteiger partial charge in [-0.3, -0.25) is 24.0 Å². The number of fused-ring (bicyclic) bond motifs is 1. The molecule has 1 aromatic heterocycles. The predicted molar refractivity (Wildman–Crippen MR) is 125 cm³/mol. The van der Waals surface area contributed by atoms with Crippen LogP contribution in [0.1, 0.15) is 75.2 Å².